The lowest BCUT2D eigenvalue weighted by Crippen LogP contribution is -2.43. The van der Waals surface area contributed by atoms with E-state index in [-0.39, 0.29) is 19.4 Å². The molecule has 1 amide bonds. The van der Waals surface area contributed by atoms with Crippen LogP contribution in [0.2, 0.25) is 0 Å². The van der Waals surface area contributed by atoms with Crippen molar-refractivity contribution in [2.75, 3.05) is 13.7 Å². The molecule has 7 heteroatoms. The van der Waals surface area contributed by atoms with Crippen LogP contribution in [-0.4, -0.2) is 30.8 Å². The molecule has 1 aromatic rings. The lowest BCUT2D eigenvalue weighted by atomic mass is 9.78. The number of carbonyl (C=O) groups is 1. The zero-order valence-electron chi connectivity index (χ0n) is 13.5. The topological polar surface area (TPSA) is 58.6 Å². The lowest BCUT2D eigenvalue weighted by molar-refractivity contribution is -0.198. The fourth-order valence-corrected chi connectivity index (χ4v) is 3.13. The lowest BCUT2D eigenvalue weighted by Gasteiger charge is -2.32. The number of amides is 1. The number of benzene rings is 1. The van der Waals surface area contributed by atoms with Gasteiger partial charge in [0.1, 0.15) is 5.75 Å². The Morgan fingerprint density at radius 1 is 1.38 bits per heavy atom. The van der Waals surface area contributed by atoms with E-state index in [1.807, 2.05) is 0 Å². The molecule has 0 unspecified atom stereocenters. The van der Waals surface area contributed by atoms with Crippen molar-refractivity contribution in [3.63, 3.8) is 0 Å². The number of aliphatic hydroxyl groups is 1. The van der Waals surface area contributed by atoms with Crippen molar-refractivity contribution in [2.45, 2.75) is 38.0 Å². The highest BCUT2D eigenvalue weighted by atomic mass is 19.4. The van der Waals surface area contributed by atoms with Crippen LogP contribution < -0.4 is 10.1 Å². The highest BCUT2D eigenvalue weighted by Crippen LogP contribution is 2.41. The van der Waals surface area contributed by atoms with Gasteiger partial charge in [-0.1, -0.05) is 25.0 Å². The molecule has 2 N–H and O–H groups in total. The highest BCUT2D eigenvalue weighted by molar-refractivity contribution is 5.79. The normalized spacial score (nSPS) is 22.7. The molecule has 2 rings (SSSR count). The van der Waals surface area contributed by atoms with E-state index in [9.17, 15) is 23.1 Å². The Hall–Kier alpha value is -1.76. The summed E-state index contributed by atoms with van der Waals surface area (Å²) in [7, 11) is 1.49. The summed E-state index contributed by atoms with van der Waals surface area (Å²) in [5, 5.41) is 12.6. The predicted molar refractivity (Wildman–Crippen MR) is 82.5 cm³/mol. The molecule has 0 heterocycles. The molecule has 1 aromatic carbocycles. The average Bonchev–Trinajstić information content (AvgIpc) is 2.58. The standard InChI is InChI=1S/C17H22F3NO3/c1-24-12-6-4-5-11(9-12)15(22)10-21-16(23)13-7-2-3-8-14(13)17(18,19)20/h4-6,9,13-15,22H,2-3,7-8,10H2,1H3,(H,21,23)/t13-,14-,15-/m1/s1. The Kier molecular flexibility index (Phi) is 6.10. The molecule has 1 fully saturated rings. The maximum absolute atomic E-state index is 13.1. The zero-order chi connectivity index (χ0) is 17.7. The van der Waals surface area contributed by atoms with E-state index in [1.54, 1.807) is 24.3 Å². The van der Waals surface area contributed by atoms with Crippen molar-refractivity contribution in [1.82, 2.24) is 5.32 Å². The van der Waals surface area contributed by atoms with E-state index in [2.05, 4.69) is 5.32 Å². The van der Waals surface area contributed by atoms with Crippen molar-refractivity contribution in [3.8, 4) is 5.75 Å². The molecule has 0 saturated heterocycles. The number of methoxy groups -OCH3 is 1. The summed E-state index contributed by atoms with van der Waals surface area (Å²) < 4.78 is 44.2. The fourth-order valence-electron chi connectivity index (χ4n) is 3.13. The summed E-state index contributed by atoms with van der Waals surface area (Å²) in [4.78, 5) is 12.2. The molecule has 24 heavy (non-hydrogen) atoms. The predicted octanol–water partition coefficient (Wildman–Crippen LogP) is 3.21. The Morgan fingerprint density at radius 2 is 2.08 bits per heavy atom. The van der Waals surface area contributed by atoms with Crippen LogP contribution in [0.1, 0.15) is 37.4 Å². The summed E-state index contributed by atoms with van der Waals surface area (Å²) in [5.41, 5.74) is 0.533. The molecule has 1 aliphatic carbocycles. The first kappa shape index (κ1) is 18.6. The molecule has 1 saturated carbocycles. The summed E-state index contributed by atoms with van der Waals surface area (Å²) in [6.07, 6.45) is -4.06. The number of alkyl halides is 3. The van der Waals surface area contributed by atoms with Gasteiger partial charge in [0.15, 0.2) is 0 Å². The molecule has 0 spiro atoms. The number of hydrogen-bond donors (Lipinski definition) is 2. The monoisotopic (exact) mass is 345 g/mol. The number of carbonyl (C=O) groups excluding carboxylic acids is 1. The van der Waals surface area contributed by atoms with Crippen molar-refractivity contribution in [3.05, 3.63) is 29.8 Å². The third kappa shape index (κ3) is 4.63. The molecular weight excluding hydrogens is 323 g/mol. The smallest absolute Gasteiger partial charge is 0.392 e. The second-order valence-electron chi connectivity index (χ2n) is 6.08. The number of ether oxygens (including phenoxy) is 1. The van der Waals surface area contributed by atoms with E-state index in [0.717, 1.165) is 0 Å². The molecule has 0 radical (unpaired) electrons. The van der Waals surface area contributed by atoms with Gasteiger partial charge in [-0.15, -0.1) is 0 Å². The fraction of sp³-hybridized carbons (Fsp3) is 0.588. The van der Waals surface area contributed by atoms with Gasteiger partial charge in [-0.2, -0.15) is 13.2 Å². The highest BCUT2D eigenvalue weighted by Gasteiger charge is 2.47. The molecule has 134 valence electrons. The molecular formula is C17H22F3NO3. The molecule has 0 aliphatic heterocycles. The van der Waals surface area contributed by atoms with E-state index < -0.39 is 30.0 Å². The van der Waals surface area contributed by atoms with Crippen molar-refractivity contribution in [2.24, 2.45) is 11.8 Å². The molecule has 0 bridgehead atoms. The van der Waals surface area contributed by atoms with Gasteiger partial charge < -0.3 is 15.2 Å². The van der Waals surface area contributed by atoms with Gasteiger partial charge in [0.2, 0.25) is 5.91 Å². The van der Waals surface area contributed by atoms with E-state index >= 15 is 0 Å². The van der Waals surface area contributed by atoms with Crippen LogP contribution in [-0.2, 0) is 4.79 Å². The number of rotatable bonds is 5. The number of nitrogens with one attached hydrogen (secondary N) is 1. The van der Waals surface area contributed by atoms with Crippen LogP contribution in [0.4, 0.5) is 13.2 Å². The van der Waals surface area contributed by atoms with Gasteiger partial charge >= 0.3 is 6.18 Å². The second kappa shape index (κ2) is 7.88. The average molecular weight is 345 g/mol. The largest absolute Gasteiger partial charge is 0.497 e. The second-order valence-corrected chi connectivity index (χ2v) is 6.08. The van der Waals surface area contributed by atoms with Crippen LogP contribution in [0.25, 0.3) is 0 Å². The first-order chi connectivity index (χ1) is 11.3. The summed E-state index contributed by atoms with van der Waals surface area (Å²) >= 11 is 0. The summed E-state index contributed by atoms with van der Waals surface area (Å²) in [6.45, 7) is -0.132. The van der Waals surface area contributed by atoms with E-state index in [0.29, 0.717) is 24.2 Å². The van der Waals surface area contributed by atoms with Gasteiger partial charge in [0.25, 0.3) is 0 Å². The minimum absolute atomic E-state index is 0.0139. The zero-order valence-corrected chi connectivity index (χ0v) is 13.5. The van der Waals surface area contributed by atoms with Crippen molar-refractivity contribution >= 4 is 5.91 Å². The van der Waals surface area contributed by atoms with Crippen LogP contribution in [0, 0.1) is 11.8 Å². The van der Waals surface area contributed by atoms with Gasteiger partial charge in [0, 0.05) is 12.5 Å². The SMILES string of the molecule is COc1cccc([C@H](O)CNC(=O)[C@@H]2CCCC[C@H]2C(F)(F)F)c1. The van der Waals surface area contributed by atoms with Crippen LogP contribution in [0.3, 0.4) is 0 Å². The minimum Gasteiger partial charge on any atom is -0.497 e. The molecule has 1 aliphatic rings. The van der Waals surface area contributed by atoms with E-state index in [4.69, 9.17) is 4.74 Å². The third-order valence-electron chi connectivity index (χ3n) is 4.47. The Morgan fingerprint density at radius 3 is 2.75 bits per heavy atom. The van der Waals surface area contributed by atoms with Crippen molar-refractivity contribution < 1.29 is 27.8 Å². The third-order valence-corrected chi connectivity index (χ3v) is 4.47. The number of hydrogen-bond acceptors (Lipinski definition) is 3. The van der Waals surface area contributed by atoms with Gasteiger partial charge in [-0.3, -0.25) is 4.79 Å². The minimum atomic E-state index is -4.37. The molecule has 0 aromatic heterocycles. The Labute approximate surface area is 139 Å². The summed E-state index contributed by atoms with van der Waals surface area (Å²) in [6, 6.07) is 6.69. The van der Waals surface area contributed by atoms with Gasteiger partial charge in [0.05, 0.1) is 19.1 Å². The quantitative estimate of drug-likeness (QED) is 0.861. The first-order valence-corrected chi connectivity index (χ1v) is 7.99. The van der Waals surface area contributed by atoms with Gasteiger partial charge in [-0.25, -0.2) is 0 Å². The molecule has 4 nitrogen and oxygen atoms in total. The van der Waals surface area contributed by atoms with Crippen LogP contribution in [0.5, 0.6) is 5.75 Å². The van der Waals surface area contributed by atoms with Crippen molar-refractivity contribution in [1.29, 1.82) is 0 Å². The van der Waals surface area contributed by atoms with Crippen LogP contribution >= 0.6 is 0 Å². The van der Waals surface area contributed by atoms with Gasteiger partial charge in [-0.05, 0) is 30.5 Å². The van der Waals surface area contributed by atoms with E-state index in [1.165, 1.54) is 7.11 Å². The number of aliphatic hydroxyl groups excluding tert-OH is 1. The number of halogens is 3. The van der Waals surface area contributed by atoms with Crippen LogP contribution in [0.15, 0.2) is 24.3 Å². The maximum atomic E-state index is 13.1. The first-order valence-electron chi connectivity index (χ1n) is 7.99. The Balaban J connectivity index is 1.96. The Bertz CT molecular complexity index is 562. The summed E-state index contributed by atoms with van der Waals surface area (Å²) in [5.74, 6) is -2.75. The molecule has 3 atom stereocenters. The maximum Gasteiger partial charge on any atom is 0.392 e.